The minimum Gasteiger partial charge on any atom is -0.307 e. The number of nitrogens with zero attached hydrogens (tertiary/aromatic N) is 7. The topological polar surface area (TPSA) is 65.8 Å². The third kappa shape index (κ3) is 10.0. The first-order valence-electron chi connectivity index (χ1n) is 30.2. The fourth-order valence-corrected chi connectivity index (χ4v) is 12.8. The second kappa shape index (κ2) is 22.7. The van der Waals surface area contributed by atoms with Crippen molar-refractivity contribution in [1.29, 1.82) is 0 Å². The van der Waals surface area contributed by atoms with Crippen LogP contribution in [0.15, 0.2) is 304 Å². The van der Waals surface area contributed by atoms with Gasteiger partial charge < -0.3 is 9.13 Å². The van der Waals surface area contributed by atoms with Crippen molar-refractivity contribution in [2.24, 2.45) is 0 Å². The van der Waals surface area contributed by atoms with Crippen LogP contribution in [0.4, 0.5) is 18.9 Å². The summed E-state index contributed by atoms with van der Waals surface area (Å²) in [5, 5.41) is 3.43. The number of pyridine rings is 4. The first kappa shape index (κ1) is 55.0. The summed E-state index contributed by atoms with van der Waals surface area (Å²) in [5.41, 5.74) is 17.1. The molecule has 0 bridgehead atoms. The van der Waals surface area contributed by atoms with Crippen molar-refractivity contribution in [3.63, 3.8) is 0 Å². The number of hydrogen-bond donors (Lipinski definition) is 0. The zero-order chi connectivity index (χ0) is 61.9. The minimum absolute atomic E-state index is 0.0817. The lowest BCUT2D eigenvalue weighted by Gasteiger charge is -2.23. The first-order valence-corrected chi connectivity index (χ1v) is 30.2. The molecule has 0 amide bonds. The molecule has 0 spiro atoms. The van der Waals surface area contributed by atoms with Crippen LogP contribution in [0.25, 0.3) is 160 Å². The first-order chi connectivity index (χ1) is 45.2. The van der Waals surface area contributed by atoms with E-state index in [1.165, 1.54) is 12.1 Å². The van der Waals surface area contributed by atoms with Crippen LogP contribution in [0.2, 0.25) is 0 Å². The Morgan fingerprint density at radius 3 is 0.880 bits per heavy atom. The molecule has 16 aromatic rings. The third-order valence-corrected chi connectivity index (χ3v) is 17.4. The number of hydrogen-bond acceptors (Lipinski definition) is 4. The molecule has 434 valence electrons. The Balaban J connectivity index is 0.997. The van der Waals surface area contributed by atoms with E-state index in [1.54, 1.807) is 24.3 Å². The molecule has 16 rings (SSSR count). The molecule has 0 saturated heterocycles. The molecule has 0 fully saturated rings. The Hall–Kier alpha value is -12.3. The van der Waals surface area contributed by atoms with Crippen LogP contribution in [0.1, 0.15) is 5.56 Å². The molecule has 0 aliphatic heterocycles. The van der Waals surface area contributed by atoms with Gasteiger partial charge in [0.15, 0.2) is 5.69 Å². The summed E-state index contributed by atoms with van der Waals surface area (Å²) in [5.74, 6) is 0. The zero-order valence-corrected chi connectivity index (χ0v) is 49.1. The molecule has 92 heavy (non-hydrogen) atoms. The van der Waals surface area contributed by atoms with Crippen LogP contribution in [-0.2, 0) is 6.18 Å². The quantitative estimate of drug-likeness (QED) is 0.121. The summed E-state index contributed by atoms with van der Waals surface area (Å²) < 4.78 is 54.2. The maximum Gasteiger partial charge on any atom is 0.417 e. The average molecular weight is 1190 g/mol. The van der Waals surface area contributed by atoms with Gasteiger partial charge in [0.1, 0.15) is 0 Å². The van der Waals surface area contributed by atoms with Gasteiger partial charge in [-0.15, -0.1) is 0 Å². The second-order valence-corrected chi connectivity index (χ2v) is 22.8. The van der Waals surface area contributed by atoms with Crippen LogP contribution in [0.3, 0.4) is 0 Å². The standard InChI is InChI=1S/C82H50F3N7/c1-86-65-24-14-23-60(41-65)70-46-80(91-76-42-56(61-29-37-72(87-48-61)52-15-6-2-7-16-52)25-33-66(76)67-34-26-57(43-77(67)91)62-30-38-73(88-49-62)53-17-8-3-9-18-53)81(47-71(70)82(83,84)85)92-78-44-58(63-31-39-74(89-50-63)54-19-10-4-11-20-54)27-35-68(78)69-36-28-59(45-79(69)92)64-32-40-75(90-51-64)55-21-12-5-13-22-55/h2-51H. The molecule has 7 nitrogen and oxygen atoms in total. The van der Waals surface area contributed by atoms with Crippen LogP contribution in [0, 0.1) is 6.57 Å². The summed E-state index contributed by atoms with van der Waals surface area (Å²) in [4.78, 5) is 23.4. The Morgan fingerprint density at radius 2 is 0.587 bits per heavy atom. The van der Waals surface area contributed by atoms with Crippen molar-refractivity contribution >= 4 is 49.3 Å². The van der Waals surface area contributed by atoms with Crippen molar-refractivity contribution < 1.29 is 13.2 Å². The van der Waals surface area contributed by atoms with Gasteiger partial charge in [0, 0.05) is 90.8 Å². The average Bonchev–Trinajstić information content (AvgIpc) is 1.55. The normalized spacial score (nSPS) is 11.6. The number of aromatic nitrogens is 6. The Morgan fingerprint density at radius 1 is 0.283 bits per heavy atom. The van der Waals surface area contributed by atoms with E-state index in [1.807, 2.05) is 187 Å². The van der Waals surface area contributed by atoms with Gasteiger partial charge in [-0.25, -0.2) is 4.85 Å². The van der Waals surface area contributed by atoms with Crippen LogP contribution < -0.4 is 0 Å². The van der Waals surface area contributed by atoms with Gasteiger partial charge in [-0.2, -0.15) is 13.2 Å². The third-order valence-electron chi connectivity index (χ3n) is 17.4. The van der Waals surface area contributed by atoms with Gasteiger partial charge in [0.25, 0.3) is 0 Å². The van der Waals surface area contributed by atoms with Crippen LogP contribution in [-0.4, -0.2) is 29.1 Å². The SMILES string of the molecule is [C-]#[N+]c1cccc(-c2cc(-n3c4cc(-c5ccc(-c6ccccc6)nc5)ccc4c4ccc(-c5ccc(-c6ccccc6)nc5)cc43)c(-n3c4cc(-c5ccc(-c6ccccc6)nc5)ccc4c4ccc(-c5ccc(-c6ccccc6)nc5)cc43)cc2C(F)(F)F)c1. The molecule has 0 radical (unpaired) electrons. The molecule has 0 unspecified atom stereocenters. The van der Waals surface area contributed by atoms with Gasteiger partial charge in [0.2, 0.25) is 0 Å². The summed E-state index contributed by atoms with van der Waals surface area (Å²) in [7, 11) is 0. The summed E-state index contributed by atoms with van der Waals surface area (Å²) in [6.07, 6.45) is 2.57. The monoisotopic (exact) mass is 1190 g/mol. The lowest BCUT2D eigenvalue weighted by molar-refractivity contribution is -0.137. The van der Waals surface area contributed by atoms with E-state index in [2.05, 4.69) is 94.3 Å². The second-order valence-electron chi connectivity index (χ2n) is 22.8. The number of halogens is 3. The van der Waals surface area contributed by atoms with Crippen molar-refractivity contribution in [3.8, 4) is 112 Å². The molecule has 0 saturated carbocycles. The van der Waals surface area contributed by atoms with E-state index in [9.17, 15) is 0 Å². The van der Waals surface area contributed by atoms with Crippen molar-refractivity contribution in [3.05, 3.63) is 321 Å². The maximum absolute atomic E-state index is 16.7. The lowest BCUT2D eigenvalue weighted by Crippen LogP contribution is -2.12. The fraction of sp³-hybridized carbons (Fsp3) is 0.0122. The molecule has 6 heterocycles. The van der Waals surface area contributed by atoms with Crippen LogP contribution in [0.5, 0.6) is 0 Å². The summed E-state index contributed by atoms with van der Waals surface area (Å²) in [6, 6.07) is 90.6. The number of rotatable bonds is 11. The molecule has 10 heteroatoms. The van der Waals surface area contributed by atoms with Crippen molar-refractivity contribution in [2.45, 2.75) is 6.18 Å². The Bertz CT molecular complexity index is 5230. The van der Waals surface area contributed by atoms with Crippen molar-refractivity contribution in [1.82, 2.24) is 29.1 Å². The molecule has 6 aromatic heterocycles. The molecular formula is C82H50F3N7. The highest BCUT2D eigenvalue weighted by atomic mass is 19.4. The summed E-state index contributed by atoms with van der Waals surface area (Å²) >= 11 is 0. The molecular weight excluding hydrogens is 1140 g/mol. The number of benzene rings is 10. The van der Waals surface area contributed by atoms with Gasteiger partial charge in [-0.05, 0) is 100 Å². The van der Waals surface area contributed by atoms with E-state index in [0.29, 0.717) is 16.7 Å². The van der Waals surface area contributed by atoms with E-state index in [0.717, 1.165) is 122 Å². The van der Waals surface area contributed by atoms with Gasteiger partial charge >= 0.3 is 6.18 Å². The maximum atomic E-state index is 16.7. The van der Waals surface area contributed by atoms with Crippen molar-refractivity contribution in [2.75, 3.05) is 0 Å². The number of alkyl halides is 3. The van der Waals surface area contributed by atoms with E-state index in [-0.39, 0.29) is 22.5 Å². The van der Waals surface area contributed by atoms with Gasteiger partial charge in [0.05, 0.1) is 68.4 Å². The van der Waals surface area contributed by atoms with E-state index >= 15 is 13.2 Å². The predicted molar refractivity (Wildman–Crippen MR) is 366 cm³/mol. The zero-order valence-electron chi connectivity index (χ0n) is 49.1. The summed E-state index contributed by atoms with van der Waals surface area (Å²) in [6.45, 7) is 8.03. The van der Waals surface area contributed by atoms with Gasteiger partial charge in [-0.1, -0.05) is 212 Å². The fourth-order valence-electron chi connectivity index (χ4n) is 12.8. The number of fused-ring (bicyclic) bond motifs is 6. The Kier molecular flexibility index (Phi) is 13.6. The molecule has 0 atom stereocenters. The highest BCUT2D eigenvalue weighted by Crippen LogP contribution is 2.47. The molecule has 10 aromatic carbocycles. The highest BCUT2D eigenvalue weighted by molar-refractivity contribution is 6.14. The van der Waals surface area contributed by atoms with Crippen LogP contribution >= 0.6 is 0 Å². The highest BCUT2D eigenvalue weighted by Gasteiger charge is 2.36. The predicted octanol–water partition coefficient (Wildman–Crippen LogP) is 22.0. The molecule has 0 aliphatic rings. The lowest BCUT2D eigenvalue weighted by atomic mass is 9.96. The molecule has 0 aliphatic carbocycles. The largest absolute Gasteiger partial charge is 0.417 e. The van der Waals surface area contributed by atoms with Gasteiger partial charge in [-0.3, -0.25) is 19.9 Å². The Labute approximate surface area is 527 Å². The van der Waals surface area contributed by atoms with E-state index in [4.69, 9.17) is 26.5 Å². The van der Waals surface area contributed by atoms with E-state index < -0.39 is 11.7 Å². The smallest absolute Gasteiger partial charge is 0.307 e. The molecule has 0 N–H and O–H groups in total. The minimum atomic E-state index is -4.87.